The predicted molar refractivity (Wildman–Crippen MR) is 111 cm³/mol. The summed E-state index contributed by atoms with van der Waals surface area (Å²) in [6, 6.07) is 11.9. The van der Waals surface area contributed by atoms with Gasteiger partial charge in [-0.2, -0.15) is 0 Å². The van der Waals surface area contributed by atoms with E-state index in [4.69, 9.17) is 5.41 Å². The van der Waals surface area contributed by atoms with E-state index < -0.39 is 0 Å². The fourth-order valence-electron chi connectivity index (χ4n) is 3.52. The molecule has 1 aromatic carbocycles. The molecular weight excluding hydrogens is 336 g/mol. The van der Waals surface area contributed by atoms with Crippen molar-refractivity contribution >= 4 is 23.0 Å². The number of nitrogens with one attached hydrogen (secondary N) is 1. The third-order valence-corrected chi connectivity index (χ3v) is 4.88. The van der Waals surface area contributed by atoms with Gasteiger partial charge in [0.2, 0.25) is 0 Å². The lowest BCUT2D eigenvalue weighted by Crippen LogP contribution is -2.47. The molecule has 1 unspecified atom stereocenters. The summed E-state index contributed by atoms with van der Waals surface area (Å²) in [4.78, 5) is 21.2. The number of amides is 1. The van der Waals surface area contributed by atoms with Crippen LogP contribution in [0.15, 0.2) is 48.8 Å². The molecule has 1 aromatic heterocycles. The Balaban J connectivity index is 1.75. The van der Waals surface area contributed by atoms with Gasteiger partial charge in [0.25, 0.3) is 5.91 Å². The van der Waals surface area contributed by atoms with Crippen molar-refractivity contribution < 1.29 is 4.79 Å². The molecule has 1 radical (unpaired) electrons. The van der Waals surface area contributed by atoms with E-state index in [9.17, 15) is 4.79 Å². The average Bonchev–Trinajstić information content (AvgIpc) is 2.68. The van der Waals surface area contributed by atoms with Gasteiger partial charge in [-0.05, 0) is 35.6 Å². The van der Waals surface area contributed by atoms with Crippen LogP contribution in [0.25, 0.3) is 0 Å². The second kappa shape index (κ2) is 8.33. The van der Waals surface area contributed by atoms with E-state index >= 15 is 0 Å². The lowest BCUT2D eigenvalue weighted by molar-refractivity contribution is -0.112. The number of pyridine rings is 1. The van der Waals surface area contributed by atoms with E-state index in [0.717, 1.165) is 30.0 Å². The molecule has 1 amide bonds. The Bertz CT molecular complexity index is 803. The molecule has 27 heavy (non-hydrogen) atoms. The second-order valence-electron chi connectivity index (χ2n) is 7.44. The fourth-order valence-corrected chi connectivity index (χ4v) is 3.52. The van der Waals surface area contributed by atoms with Crippen LogP contribution in [0.1, 0.15) is 38.7 Å². The number of aromatic nitrogens is 1. The Kier molecular flexibility index (Phi) is 5.89. The minimum atomic E-state index is -0.199. The monoisotopic (exact) mass is 363 g/mol. The Morgan fingerprint density at radius 3 is 2.56 bits per heavy atom. The molecule has 1 N–H and O–H groups in total. The molecule has 3 rings (SSSR count). The van der Waals surface area contributed by atoms with Gasteiger partial charge in [0.1, 0.15) is 0 Å². The molecular formula is C22H27N4O. The maximum Gasteiger partial charge on any atom is 0.272 e. The van der Waals surface area contributed by atoms with E-state index in [-0.39, 0.29) is 17.5 Å². The number of anilines is 2. The first-order chi connectivity index (χ1) is 13.0. The predicted octanol–water partition coefficient (Wildman–Crippen LogP) is 4.06. The van der Waals surface area contributed by atoms with Crippen LogP contribution >= 0.6 is 0 Å². The molecule has 0 spiro atoms. The van der Waals surface area contributed by atoms with Crippen molar-refractivity contribution in [3.05, 3.63) is 60.3 Å². The highest BCUT2D eigenvalue weighted by atomic mass is 16.2. The Morgan fingerprint density at radius 2 is 1.89 bits per heavy atom. The highest BCUT2D eigenvalue weighted by molar-refractivity contribution is 6.43. The zero-order valence-electron chi connectivity index (χ0n) is 16.3. The minimum absolute atomic E-state index is 0.0871. The topological polar surface area (TPSA) is 60.3 Å². The molecule has 5 nitrogen and oxygen atoms in total. The molecule has 2 aromatic rings. The van der Waals surface area contributed by atoms with Gasteiger partial charge >= 0.3 is 0 Å². The van der Waals surface area contributed by atoms with E-state index in [2.05, 4.69) is 29.8 Å². The average molecular weight is 363 g/mol. The molecule has 0 bridgehead atoms. The normalized spacial score (nSPS) is 14.8. The van der Waals surface area contributed by atoms with Crippen LogP contribution in [0.5, 0.6) is 0 Å². The number of rotatable bonds is 6. The van der Waals surface area contributed by atoms with Crippen molar-refractivity contribution in [3.8, 4) is 0 Å². The summed E-state index contributed by atoms with van der Waals surface area (Å²) in [5.74, 6) is 1.22. The van der Waals surface area contributed by atoms with Gasteiger partial charge in [0.15, 0.2) is 0 Å². The SMILES string of the molecule is C[C](C)CN1CCN(C(=O)C(=N)CC(C)c2cccnc2)c2ccccc21. The summed E-state index contributed by atoms with van der Waals surface area (Å²) in [6.07, 6.45) is 3.95. The van der Waals surface area contributed by atoms with Gasteiger partial charge in [0, 0.05) is 38.4 Å². The Hall–Kier alpha value is -2.69. The van der Waals surface area contributed by atoms with Crippen LogP contribution in [0, 0.1) is 11.3 Å². The molecule has 0 fully saturated rings. The van der Waals surface area contributed by atoms with Gasteiger partial charge < -0.3 is 9.80 Å². The van der Waals surface area contributed by atoms with E-state index in [1.807, 2.05) is 37.3 Å². The summed E-state index contributed by atoms with van der Waals surface area (Å²) in [6.45, 7) is 8.54. The molecule has 0 saturated carbocycles. The van der Waals surface area contributed by atoms with E-state index in [0.29, 0.717) is 13.0 Å². The number of hydrogen-bond acceptors (Lipinski definition) is 4. The molecule has 2 heterocycles. The third kappa shape index (κ3) is 4.35. The first kappa shape index (κ1) is 19.1. The highest BCUT2D eigenvalue weighted by Gasteiger charge is 2.29. The number of carbonyl (C=O) groups excluding carboxylic acids is 1. The first-order valence-electron chi connectivity index (χ1n) is 9.39. The van der Waals surface area contributed by atoms with Crippen LogP contribution < -0.4 is 9.80 Å². The lowest BCUT2D eigenvalue weighted by Gasteiger charge is -2.38. The molecule has 5 heteroatoms. The second-order valence-corrected chi connectivity index (χ2v) is 7.44. The van der Waals surface area contributed by atoms with E-state index in [1.54, 1.807) is 17.3 Å². The fraction of sp³-hybridized carbons (Fsp3) is 0.364. The first-order valence-corrected chi connectivity index (χ1v) is 9.39. The number of hydrogen-bond donors (Lipinski definition) is 1. The standard InChI is InChI=1S/C22H27N4O/c1-16(2)15-25-11-12-26(21-9-5-4-8-20(21)25)22(27)19(23)13-17(3)18-7-6-10-24-14-18/h4-10,14,17,23H,11-13,15H2,1-3H3. The van der Waals surface area contributed by atoms with E-state index in [1.165, 1.54) is 5.92 Å². The van der Waals surface area contributed by atoms with Gasteiger partial charge in [-0.3, -0.25) is 15.2 Å². The van der Waals surface area contributed by atoms with Crippen LogP contribution in [0.2, 0.25) is 0 Å². The van der Waals surface area contributed by atoms with Crippen molar-refractivity contribution in [2.75, 3.05) is 29.4 Å². The number of benzene rings is 1. The van der Waals surface area contributed by atoms with Crippen molar-refractivity contribution in [2.24, 2.45) is 0 Å². The quantitative estimate of drug-likeness (QED) is 0.787. The zero-order chi connectivity index (χ0) is 19.4. The molecule has 1 atom stereocenters. The van der Waals surface area contributed by atoms with Crippen LogP contribution in [-0.2, 0) is 4.79 Å². The highest BCUT2D eigenvalue weighted by Crippen LogP contribution is 2.34. The molecule has 141 valence electrons. The number of fused-ring (bicyclic) bond motifs is 1. The Morgan fingerprint density at radius 1 is 1.15 bits per heavy atom. The summed E-state index contributed by atoms with van der Waals surface area (Å²) in [7, 11) is 0. The molecule has 0 saturated heterocycles. The minimum Gasteiger partial charge on any atom is -0.367 e. The number of carbonyl (C=O) groups is 1. The largest absolute Gasteiger partial charge is 0.367 e. The van der Waals surface area contributed by atoms with Gasteiger partial charge in [-0.15, -0.1) is 0 Å². The maximum absolute atomic E-state index is 13.0. The van der Waals surface area contributed by atoms with Crippen LogP contribution in [0.4, 0.5) is 11.4 Å². The van der Waals surface area contributed by atoms with Crippen LogP contribution in [-0.4, -0.2) is 36.2 Å². The van der Waals surface area contributed by atoms with Crippen molar-refractivity contribution in [3.63, 3.8) is 0 Å². The summed E-state index contributed by atoms with van der Waals surface area (Å²) in [5, 5.41) is 8.39. The van der Waals surface area contributed by atoms with Crippen molar-refractivity contribution in [2.45, 2.75) is 33.1 Å². The van der Waals surface area contributed by atoms with Crippen molar-refractivity contribution in [1.29, 1.82) is 5.41 Å². The lowest BCUT2D eigenvalue weighted by atomic mass is 9.96. The summed E-state index contributed by atoms with van der Waals surface area (Å²) < 4.78 is 0. The molecule has 1 aliphatic rings. The summed E-state index contributed by atoms with van der Waals surface area (Å²) in [5.41, 5.74) is 3.15. The van der Waals surface area contributed by atoms with Gasteiger partial charge in [0.05, 0.1) is 17.1 Å². The third-order valence-electron chi connectivity index (χ3n) is 4.88. The molecule has 0 aliphatic carbocycles. The van der Waals surface area contributed by atoms with Gasteiger partial charge in [-0.1, -0.05) is 39.0 Å². The smallest absolute Gasteiger partial charge is 0.272 e. The number of para-hydroxylation sites is 2. The number of nitrogens with zero attached hydrogens (tertiary/aromatic N) is 3. The Labute approximate surface area is 161 Å². The zero-order valence-corrected chi connectivity index (χ0v) is 16.3. The van der Waals surface area contributed by atoms with Crippen molar-refractivity contribution in [1.82, 2.24) is 4.98 Å². The van der Waals surface area contributed by atoms with Gasteiger partial charge in [-0.25, -0.2) is 0 Å². The van der Waals surface area contributed by atoms with Crippen LogP contribution in [0.3, 0.4) is 0 Å². The maximum atomic E-state index is 13.0. The molecule has 1 aliphatic heterocycles. The summed E-state index contributed by atoms with van der Waals surface area (Å²) >= 11 is 0.